The summed E-state index contributed by atoms with van der Waals surface area (Å²) < 4.78 is 28.1. The second kappa shape index (κ2) is 8.53. The smallest absolute Gasteiger partial charge is 0.240 e. The van der Waals surface area contributed by atoms with Crippen LogP contribution in [0.2, 0.25) is 0 Å². The number of fused-ring (bicyclic) bond motifs is 1. The van der Waals surface area contributed by atoms with Crippen molar-refractivity contribution >= 4 is 21.6 Å². The van der Waals surface area contributed by atoms with Crippen LogP contribution < -0.4 is 9.62 Å². The molecule has 3 rings (SSSR count). The highest BCUT2D eigenvalue weighted by Crippen LogP contribution is 2.31. The molecule has 1 saturated carbocycles. The van der Waals surface area contributed by atoms with Gasteiger partial charge in [-0.3, -0.25) is 4.79 Å². The van der Waals surface area contributed by atoms with E-state index in [0.717, 1.165) is 62.6 Å². The zero-order chi connectivity index (χ0) is 18.6. The highest BCUT2D eigenvalue weighted by atomic mass is 32.2. The normalized spacial score (nSPS) is 17.7. The number of carbonyl (C=O) groups excluding carboxylic acids is 1. The summed E-state index contributed by atoms with van der Waals surface area (Å²) in [5.41, 5.74) is 1.84. The molecule has 1 amide bonds. The van der Waals surface area contributed by atoms with Gasteiger partial charge in [-0.15, -0.1) is 0 Å². The standard InChI is InChI=1S/C20H30N2O3S/c1-2-3-4-5-10-20(23)22-14-13-16-15-18(11-12-19(16)22)26(24,25)21-17-8-6-7-9-17/h11-12,15,17,21H,2-10,13-14H2,1H3. The molecule has 6 heteroatoms. The van der Waals surface area contributed by atoms with E-state index in [0.29, 0.717) is 17.9 Å². The molecule has 1 aliphatic carbocycles. The fourth-order valence-electron chi connectivity index (χ4n) is 3.97. The molecule has 1 N–H and O–H groups in total. The van der Waals surface area contributed by atoms with Gasteiger partial charge in [-0.1, -0.05) is 39.0 Å². The molecule has 0 unspecified atom stereocenters. The summed E-state index contributed by atoms with van der Waals surface area (Å²) in [5.74, 6) is 0.152. The SMILES string of the molecule is CCCCCCC(=O)N1CCc2cc(S(=O)(=O)NC3CCCC3)ccc21. The predicted octanol–water partition coefficient (Wildman–Crippen LogP) is 3.77. The summed E-state index contributed by atoms with van der Waals surface area (Å²) in [6.07, 6.45) is 9.66. The number of hydrogen-bond acceptors (Lipinski definition) is 3. The molecule has 26 heavy (non-hydrogen) atoms. The number of nitrogens with one attached hydrogen (secondary N) is 1. The number of rotatable bonds is 8. The Balaban J connectivity index is 1.66. The third kappa shape index (κ3) is 4.46. The van der Waals surface area contributed by atoms with Crippen molar-refractivity contribution in [2.24, 2.45) is 0 Å². The van der Waals surface area contributed by atoms with E-state index >= 15 is 0 Å². The van der Waals surface area contributed by atoms with Gasteiger partial charge in [0.1, 0.15) is 0 Å². The lowest BCUT2D eigenvalue weighted by molar-refractivity contribution is -0.118. The lowest BCUT2D eigenvalue weighted by atomic mass is 10.1. The third-order valence-electron chi connectivity index (χ3n) is 5.48. The molecule has 0 radical (unpaired) electrons. The molecule has 1 fully saturated rings. The molecule has 1 aromatic carbocycles. The van der Waals surface area contributed by atoms with Crippen molar-refractivity contribution in [1.29, 1.82) is 0 Å². The van der Waals surface area contributed by atoms with Gasteiger partial charge in [-0.05, 0) is 49.4 Å². The Bertz CT molecular complexity index is 739. The molecule has 2 aliphatic rings. The first kappa shape index (κ1) is 19.4. The van der Waals surface area contributed by atoms with E-state index in [4.69, 9.17) is 0 Å². The highest BCUT2D eigenvalue weighted by Gasteiger charge is 2.28. The summed E-state index contributed by atoms with van der Waals surface area (Å²) in [6, 6.07) is 5.25. The van der Waals surface area contributed by atoms with Crippen LogP contribution in [0, 0.1) is 0 Å². The quantitative estimate of drug-likeness (QED) is 0.700. The Labute approximate surface area is 157 Å². The molecule has 5 nitrogen and oxygen atoms in total. The number of anilines is 1. The summed E-state index contributed by atoms with van der Waals surface area (Å²) in [7, 11) is -3.48. The van der Waals surface area contributed by atoms with Crippen LogP contribution in [0.25, 0.3) is 0 Å². The minimum Gasteiger partial charge on any atom is -0.312 e. The molecule has 0 atom stereocenters. The molecule has 144 valence electrons. The van der Waals surface area contributed by atoms with E-state index in [-0.39, 0.29) is 11.9 Å². The Morgan fingerprint density at radius 3 is 2.69 bits per heavy atom. The number of benzene rings is 1. The average molecular weight is 379 g/mol. The van der Waals surface area contributed by atoms with Gasteiger partial charge >= 0.3 is 0 Å². The largest absolute Gasteiger partial charge is 0.312 e. The molecule has 1 heterocycles. The van der Waals surface area contributed by atoms with E-state index in [2.05, 4.69) is 11.6 Å². The monoisotopic (exact) mass is 378 g/mol. The van der Waals surface area contributed by atoms with Crippen molar-refractivity contribution in [1.82, 2.24) is 4.72 Å². The van der Waals surface area contributed by atoms with Crippen molar-refractivity contribution in [3.8, 4) is 0 Å². The lowest BCUT2D eigenvalue weighted by Crippen LogP contribution is -2.32. The first-order valence-electron chi connectivity index (χ1n) is 9.97. The molecule has 0 aromatic heterocycles. The van der Waals surface area contributed by atoms with Gasteiger partial charge in [0.25, 0.3) is 0 Å². The van der Waals surface area contributed by atoms with Gasteiger partial charge in [0.15, 0.2) is 0 Å². The summed E-state index contributed by atoms with van der Waals surface area (Å²) in [4.78, 5) is 14.6. The maximum Gasteiger partial charge on any atom is 0.240 e. The van der Waals surface area contributed by atoms with Crippen LogP contribution in [-0.4, -0.2) is 26.9 Å². The Kier molecular flexibility index (Phi) is 6.35. The Hall–Kier alpha value is -1.40. The van der Waals surface area contributed by atoms with Crippen LogP contribution in [0.3, 0.4) is 0 Å². The van der Waals surface area contributed by atoms with Crippen LogP contribution in [0.4, 0.5) is 5.69 Å². The van der Waals surface area contributed by atoms with Crippen molar-refractivity contribution in [2.75, 3.05) is 11.4 Å². The zero-order valence-electron chi connectivity index (χ0n) is 15.7. The van der Waals surface area contributed by atoms with Crippen molar-refractivity contribution in [2.45, 2.75) is 82.1 Å². The van der Waals surface area contributed by atoms with E-state index < -0.39 is 10.0 Å². The van der Waals surface area contributed by atoms with Crippen LogP contribution in [0.15, 0.2) is 23.1 Å². The molecular weight excluding hydrogens is 348 g/mol. The third-order valence-corrected chi connectivity index (χ3v) is 7.00. The van der Waals surface area contributed by atoms with Crippen molar-refractivity contribution < 1.29 is 13.2 Å². The Morgan fingerprint density at radius 2 is 1.96 bits per heavy atom. The van der Waals surface area contributed by atoms with E-state index in [1.54, 1.807) is 18.2 Å². The number of hydrogen-bond donors (Lipinski definition) is 1. The number of amides is 1. The first-order chi connectivity index (χ1) is 12.5. The maximum atomic E-state index is 12.6. The fourth-order valence-corrected chi connectivity index (χ4v) is 5.33. The second-order valence-electron chi connectivity index (χ2n) is 7.50. The molecule has 0 spiro atoms. The highest BCUT2D eigenvalue weighted by molar-refractivity contribution is 7.89. The van der Waals surface area contributed by atoms with Crippen LogP contribution in [0.1, 0.15) is 70.3 Å². The van der Waals surface area contributed by atoms with Gasteiger partial charge < -0.3 is 4.90 Å². The number of unbranched alkanes of at least 4 members (excludes halogenated alkanes) is 3. The summed E-state index contributed by atoms with van der Waals surface area (Å²) in [6.45, 7) is 2.81. The molecular formula is C20H30N2O3S. The minimum atomic E-state index is -3.48. The maximum absolute atomic E-state index is 12.6. The van der Waals surface area contributed by atoms with E-state index in [9.17, 15) is 13.2 Å². The van der Waals surface area contributed by atoms with Gasteiger partial charge in [0.05, 0.1) is 4.90 Å². The van der Waals surface area contributed by atoms with Crippen molar-refractivity contribution in [3.63, 3.8) is 0 Å². The van der Waals surface area contributed by atoms with Gasteiger partial charge in [-0.25, -0.2) is 13.1 Å². The number of nitrogens with zero attached hydrogens (tertiary/aromatic N) is 1. The minimum absolute atomic E-state index is 0.0643. The topological polar surface area (TPSA) is 66.5 Å². The second-order valence-corrected chi connectivity index (χ2v) is 9.21. The van der Waals surface area contributed by atoms with E-state index in [1.807, 2.05) is 4.90 Å². The summed E-state index contributed by atoms with van der Waals surface area (Å²) in [5, 5.41) is 0. The fraction of sp³-hybridized carbons (Fsp3) is 0.650. The molecule has 0 saturated heterocycles. The molecule has 1 aliphatic heterocycles. The zero-order valence-corrected chi connectivity index (χ0v) is 16.5. The summed E-state index contributed by atoms with van der Waals surface area (Å²) >= 11 is 0. The van der Waals surface area contributed by atoms with Gasteiger partial charge in [-0.2, -0.15) is 0 Å². The molecule has 1 aromatic rings. The van der Waals surface area contributed by atoms with Gasteiger partial charge in [0.2, 0.25) is 15.9 Å². The number of sulfonamides is 1. The van der Waals surface area contributed by atoms with E-state index in [1.165, 1.54) is 6.42 Å². The Morgan fingerprint density at radius 1 is 1.19 bits per heavy atom. The van der Waals surface area contributed by atoms with Crippen LogP contribution >= 0.6 is 0 Å². The lowest BCUT2D eigenvalue weighted by Gasteiger charge is -2.18. The van der Waals surface area contributed by atoms with Gasteiger partial charge in [0, 0.05) is 24.7 Å². The number of carbonyl (C=O) groups is 1. The average Bonchev–Trinajstić information content (AvgIpc) is 3.27. The predicted molar refractivity (Wildman–Crippen MR) is 104 cm³/mol. The molecule has 0 bridgehead atoms. The van der Waals surface area contributed by atoms with Crippen LogP contribution in [-0.2, 0) is 21.2 Å². The van der Waals surface area contributed by atoms with Crippen molar-refractivity contribution in [3.05, 3.63) is 23.8 Å². The first-order valence-corrected chi connectivity index (χ1v) is 11.4. The van der Waals surface area contributed by atoms with Crippen LogP contribution in [0.5, 0.6) is 0 Å².